The number of nitrogens with zero attached hydrogens (tertiary/aromatic N) is 2. The number of aryl methyl sites for hydroxylation is 1. The van der Waals surface area contributed by atoms with Crippen molar-refractivity contribution in [1.82, 2.24) is 9.88 Å². The first-order valence-electron chi connectivity index (χ1n) is 6.71. The number of halogens is 1. The zero-order valence-corrected chi connectivity index (χ0v) is 13.2. The summed E-state index contributed by atoms with van der Waals surface area (Å²) in [5.74, 6) is 0. The quantitative estimate of drug-likeness (QED) is 0.878. The van der Waals surface area contributed by atoms with Crippen molar-refractivity contribution in [1.29, 1.82) is 0 Å². The van der Waals surface area contributed by atoms with Crippen LogP contribution in [0.5, 0.6) is 0 Å². The Kier molecular flexibility index (Phi) is 4.33. The minimum atomic E-state index is -0.720. The van der Waals surface area contributed by atoms with E-state index in [-0.39, 0.29) is 0 Å². The van der Waals surface area contributed by atoms with Gasteiger partial charge >= 0.3 is 0 Å². The van der Waals surface area contributed by atoms with Crippen LogP contribution >= 0.6 is 11.6 Å². The van der Waals surface area contributed by atoms with Gasteiger partial charge in [0.05, 0.1) is 11.1 Å². The summed E-state index contributed by atoms with van der Waals surface area (Å²) in [4.78, 5) is 6.51. The molecule has 0 aliphatic carbocycles. The number of aliphatic hydroxyl groups is 1. The molecule has 1 N–H and O–H groups in total. The lowest BCUT2D eigenvalue weighted by Gasteiger charge is -2.25. The van der Waals surface area contributed by atoms with E-state index in [1.54, 1.807) is 13.8 Å². The number of pyridine rings is 1. The van der Waals surface area contributed by atoms with Crippen LogP contribution in [-0.2, 0) is 6.54 Å². The molecule has 0 atom stereocenters. The molecule has 2 aromatic rings. The van der Waals surface area contributed by atoms with Crippen molar-refractivity contribution in [3.8, 4) is 0 Å². The average Bonchev–Trinajstić information content (AvgIpc) is 2.28. The highest BCUT2D eigenvalue weighted by atomic mass is 35.5. The van der Waals surface area contributed by atoms with Gasteiger partial charge in [-0.3, -0.25) is 4.90 Å². The third kappa shape index (κ3) is 3.92. The summed E-state index contributed by atoms with van der Waals surface area (Å²) in [7, 11) is 1.97. The fraction of sp³-hybridized carbons (Fsp3) is 0.438. The van der Waals surface area contributed by atoms with Crippen LogP contribution in [0.1, 0.15) is 25.0 Å². The third-order valence-corrected chi connectivity index (χ3v) is 3.42. The fourth-order valence-corrected chi connectivity index (χ4v) is 2.62. The number of aromatic nitrogens is 1. The summed E-state index contributed by atoms with van der Waals surface area (Å²) >= 11 is 6.27. The Balaban J connectivity index is 2.26. The molecule has 3 nitrogen and oxygen atoms in total. The molecule has 0 saturated carbocycles. The second-order valence-electron chi connectivity index (χ2n) is 6.12. The van der Waals surface area contributed by atoms with E-state index < -0.39 is 5.60 Å². The summed E-state index contributed by atoms with van der Waals surface area (Å²) < 4.78 is 0. The van der Waals surface area contributed by atoms with Crippen LogP contribution in [0.4, 0.5) is 0 Å². The molecule has 0 unspecified atom stereocenters. The molecule has 0 spiro atoms. The van der Waals surface area contributed by atoms with Crippen LogP contribution in [0.25, 0.3) is 10.9 Å². The molecule has 0 aliphatic heterocycles. The van der Waals surface area contributed by atoms with Gasteiger partial charge in [0.2, 0.25) is 0 Å². The lowest BCUT2D eigenvalue weighted by atomic mass is 10.1. The van der Waals surface area contributed by atoms with E-state index in [9.17, 15) is 5.11 Å². The summed E-state index contributed by atoms with van der Waals surface area (Å²) in [5.41, 5.74) is 2.36. The Morgan fingerprint density at radius 1 is 1.30 bits per heavy atom. The predicted molar refractivity (Wildman–Crippen MR) is 84.1 cm³/mol. The van der Waals surface area contributed by atoms with E-state index in [2.05, 4.69) is 23.2 Å². The largest absolute Gasteiger partial charge is 0.389 e. The molecular weight excluding hydrogens is 272 g/mol. The summed E-state index contributed by atoms with van der Waals surface area (Å²) in [6, 6.07) is 8.24. The summed E-state index contributed by atoms with van der Waals surface area (Å²) in [6.45, 7) is 6.88. The highest BCUT2D eigenvalue weighted by Gasteiger charge is 2.16. The van der Waals surface area contributed by atoms with Crippen molar-refractivity contribution < 1.29 is 5.11 Å². The van der Waals surface area contributed by atoms with Gasteiger partial charge in [-0.2, -0.15) is 0 Å². The Hall–Kier alpha value is -1.16. The maximum Gasteiger partial charge on any atom is 0.134 e. The molecule has 0 aliphatic rings. The normalized spacial score (nSPS) is 12.3. The number of hydrogen-bond donors (Lipinski definition) is 1. The van der Waals surface area contributed by atoms with Crippen LogP contribution in [-0.4, -0.2) is 34.2 Å². The Labute approximate surface area is 125 Å². The van der Waals surface area contributed by atoms with Crippen molar-refractivity contribution in [2.45, 2.75) is 32.9 Å². The van der Waals surface area contributed by atoms with Crippen molar-refractivity contribution in [3.63, 3.8) is 0 Å². The van der Waals surface area contributed by atoms with Gasteiger partial charge in [-0.1, -0.05) is 23.7 Å². The standard InChI is InChI=1S/C16H21ClN2O/c1-11-5-6-12-8-13(15(17)18-14(12)7-11)9-19(4)10-16(2,3)20/h5-8,20H,9-10H2,1-4H3. The Morgan fingerprint density at radius 2 is 2.00 bits per heavy atom. The molecule has 20 heavy (non-hydrogen) atoms. The predicted octanol–water partition coefficient (Wildman–Crippen LogP) is 3.40. The van der Waals surface area contributed by atoms with Crippen LogP contribution < -0.4 is 0 Å². The lowest BCUT2D eigenvalue weighted by molar-refractivity contribution is 0.0425. The molecule has 4 heteroatoms. The zero-order valence-electron chi connectivity index (χ0n) is 12.4. The van der Waals surface area contributed by atoms with Crippen LogP contribution in [0, 0.1) is 6.92 Å². The molecule has 2 rings (SSSR count). The van der Waals surface area contributed by atoms with Gasteiger partial charge in [0.25, 0.3) is 0 Å². The monoisotopic (exact) mass is 292 g/mol. The average molecular weight is 293 g/mol. The number of fused-ring (bicyclic) bond motifs is 1. The van der Waals surface area contributed by atoms with Gasteiger partial charge in [-0.25, -0.2) is 4.98 Å². The molecule has 1 heterocycles. The van der Waals surface area contributed by atoms with Crippen molar-refractivity contribution >= 4 is 22.5 Å². The van der Waals surface area contributed by atoms with Crippen LogP contribution in [0.2, 0.25) is 5.15 Å². The molecule has 0 saturated heterocycles. The highest BCUT2D eigenvalue weighted by Crippen LogP contribution is 2.23. The van der Waals surface area contributed by atoms with E-state index in [4.69, 9.17) is 11.6 Å². The van der Waals surface area contributed by atoms with E-state index in [1.807, 2.05) is 24.9 Å². The molecule has 1 aromatic carbocycles. The molecule has 0 fully saturated rings. The van der Waals surface area contributed by atoms with E-state index in [0.29, 0.717) is 18.2 Å². The highest BCUT2D eigenvalue weighted by molar-refractivity contribution is 6.30. The van der Waals surface area contributed by atoms with E-state index in [1.165, 1.54) is 5.56 Å². The fourth-order valence-electron chi connectivity index (χ4n) is 2.42. The second-order valence-corrected chi connectivity index (χ2v) is 6.48. The maximum atomic E-state index is 9.85. The second kappa shape index (κ2) is 5.68. The number of rotatable bonds is 4. The smallest absolute Gasteiger partial charge is 0.134 e. The first-order chi connectivity index (χ1) is 9.24. The van der Waals surface area contributed by atoms with Gasteiger partial charge < -0.3 is 5.11 Å². The molecule has 0 bridgehead atoms. The molecule has 1 aromatic heterocycles. The van der Waals surface area contributed by atoms with Crippen molar-refractivity contribution in [2.24, 2.45) is 0 Å². The van der Waals surface area contributed by atoms with E-state index >= 15 is 0 Å². The molecular formula is C16H21ClN2O. The topological polar surface area (TPSA) is 36.4 Å². The summed E-state index contributed by atoms with van der Waals surface area (Å²) in [5, 5.41) is 11.5. The maximum absolute atomic E-state index is 9.85. The first-order valence-corrected chi connectivity index (χ1v) is 7.09. The van der Waals surface area contributed by atoms with E-state index in [0.717, 1.165) is 16.5 Å². The number of likely N-dealkylation sites (N-methyl/N-ethyl adjacent to an activating group) is 1. The Bertz CT molecular complexity index is 620. The van der Waals surface area contributed by atoms with Gasteiger partial charge in [0.15, 0.2) is 0 Å². The van der Waals surface area contributed by atoms with Crippen LogP contribution in [0.15, 0.2) is 24.3 Å². The zero-order chi connectivity index (χ0) is 14.9. The molecule has 108 valence electrons. The third-order valence-electron chi connectivity index (χ3n) is 3.10. The minimum absolute atomic E-state index is 0.533. The van der Waals surface area contributed by atoms with Gasteiger partial charge in [-0.05, 0) is 45.5 Å². The SMILES string of the molecule is Cc1ccc2cc(CN(C)CC(C)(C)O)c(Cl)nc2c1. The number of hydrogen-bond acceptors (Lipinski definition) is 3. The van der Waals surface area contributed by atoms with Crippen LogP contribution in [0.3, 0.4) is 0 Å². The first kappa shape index (κ1) is 15.2. The van der Waals surface area contributed by atoms with Crippen molar-refractivity contribution in [3.05, 3.63) is 40.5 Å². The minimum Gasteiger partial charge on any atom is -0.389 e. The van der Waals surface area contributed by atoms with Crippen molar-refractivity contribution in [2.75, 3.05) is 13.6 Å². The van der Waals surface area contributed by atoms with Gasteiger partial charge in [-0.15, -0.1) is 0 Å². The van der Waals surface area contributed by atoms with Gasteiger partial charge in [0.1, 0.15) is 5.15 Å². The summed E-state index contributed by atoms with van der Waals surface area (Å²) in [6.07, 6.45) is 0. The van der Waals surface area contributed by atoms with Gasteiger partial charge in [0, 0.05) is 24.0 Å². The Morgan fingerprint density at radius 3 is 2.65 bits per heavy atom. The molecule has 0 radical (unpaired) electrons. The lowest BCUT2D eigenvalue weighted by Crippen LogP contribution is -2.35. The molecule has 0 amide bonds. The number of benzene rings is 1.